The van der Waals surface area contributed by atoms with Gasteiger partial charge in [-0.2, -0.15) is 0 Å². The van der Waals surface area contributed by atoms with E-state index in [4.69, 9.17) is 4.74 Å². The molecule has 0 N–H and O–H groups in total. The first-order chi connectivity index (χ1) is 10.6. The molecule has 22 heavy (non-hydrogen) atoms. The van der Waals surface area contributed by atoms with E-state index in [0.29, 0.717) is 5.69 Å². The number of nitrogens with zero attached hydrogens (tertiary/aromatic N) is 2. The molecule has 0 bridgehead atoms. The van der Waals surface area contributed by atoms with Crippen LogP contribution in [0.4, 0.5) is 17.1 Å². The van der Waals surface area contributed by atoms with Gasteiger partial charge in [0.2, 0.25) is 0 Å². The Kier molecular flexibility index (Phi) is 3.50. The molecule has 3 rings (SSSR count). The van der Waals surface area contributed by atoms with Gasteiger partial charge in [-0.3, -0.25) is 10.1 Å². The largest absolute Gasteiger partial charge is 0.459 e. The Bertz CT molecular complexity index is 730. The molecular formula is C16H14N2O4. The number of non-ortho nitro benzene ring substituents is 1. The summed E-state index contributed by atoms with van der Waals surface area (Å²) in [5, 5.41) is 10.7. The second-order valence-corrected chi connectivity index (χ2v) is 5.07. The van der Waals surface area contributed by atoms with Gasteiger partial charge < -0.3 is 9.64 Å². The number of anilines is 2. The summed E-state index contributed by atoms with van der Waals surface area (Å²) in [6.45, 7) is 1.94. The summed E-state index contributed by atoms with van der Waals surface area (Å²) in [5.74, 6) is -0.359. The molecule has 2 aromatic carbocycles. The predicted molar refractivity (Wildman–Crippen MR) is 80.9 cm³/mol. The van der Waals surface area contributed by atoms with Crippen LogP contribution in [0.5, 0.6) is 0 Å². The van der Waals surface area contributed by atoms with E-state index < -0.39 is 11.0 Å². The molecule has 0 amide bonds. The van der Waals surface area contributed by atoms with E-state index in [-0.39, 0.29) is 18.3 Å². The van der Waals surface area contributed by atoms with Crippen LogP contribution in [0.15, 0.2) is 48.5 Å². The molecule has 0 aromatic heterocycles. The predicted octanol–water partition coefficient (Wildman–Crippen LogP) is 3.18. The smallest absolute Gasteiger partial charge is 0.329 e. The Morgan fingerprint density at radius 3 is 2.64 bits per heavy atom. The number of carbonyl (C=O) groups is 1. The highest BCUT2D eigenvalue weighted by Gasteiger charge is 2.38. The second-order valence-electron chi connectivity index (χ2n) is 5.07. The fourth-order valence-corrected chi connectivity index (χ4v) is 2.35. The van der Waals surface area contributed by atoms with Crippen LogP contribution in [0, 0.1) is 10.1 Å². The number of fused-ring (bicyclic) bond motifs is 1. The van der Waals surface area contributed by atoms with Crippen molar-refractivity contribution in [2.75, 3.05) is 4.90 Å². The zero-order valence-electron chi connectivity index (χ0n) is 11.9. The van der Waals surface area contributed by atoms with Crippen LogP contribution in [0.1, 0.15) is 12.5 Å². The van der Waals surface area contributed by atoms with Gasteiger partial charge >= 0.3 is 5.97 Å². The van der Waals surface area contributed by atoms with Gasteiger partial charge in [0, 0.05) is 12.1 Å². The van der Waals surface area contributed by atoms with E-state index in [0.717, 1.165) is 11.3 Å². The Balaban J connectivity index is 1.61. The first-order valence-electron chi connectivity index (χ1n) is 6.86. The van der Waals surface area contributed by atoms with Gasteiger partial charge in [-0.15, -0.1) is 0 Å². The van der Waals surface area contributed by atoms with Crippen molar-refractivity contribution >= 4 is 23.0 Å². The van der Waals surface area contributed by atoms with Crippen LogP contribution in [0.25, 0.3) is 0 Å². The zero-order chi connectivity index (χ0) is 15.7. The van der Waals surface area contributed by atoms with Crippen molar-refractivity contribution in [2.45, 2.75) is 19.6 Å². The van der Waals surface area contributed by atoms with E-state index >= 15 is 0 Å². The highest BCUT2D eigenvalue weighted by Crippen LogP contribution is 2.51. The number of nitro benzene ring substituents is 1. The number of hydrogen-bond acceptors (Lipinski definition) is 5. The molecule has 112 valence electrons. The number of benzene rings is 2. The maximum atomic E-state index is 12.1. The molecule has 0 radical (unpaired) electrons. The fraction of sp³-hybridized carbons (Fsp3) is 0.188. The maximum Gasteiger partial charge on any atom is 0.329 e. The average molecular weight is 298 g/mol. The fourth-order valence-electron chi connectivity index (χ4n) is 2.35. The molecule has 0 aliphatic carbocycles. The Hall–Kier alpha value is -2.89. The van der Waals surface area contributed by atoms with E-state index in [9.17, 15) is 14.9 Å². The molecule has 0 fully saturated rings. The van der Waals surface area contributed by atoms with Gasteiger partial charge in [-0.25, -0.2) is 4.79 Å². The highest BCUT2D eigenvalue weighted by atomic mass is 16.6. The number of carbonyl (C=O) groups excluding carboxylic acids is 1. The van der Waals surface area contributed by atoms with Gasteiger partial charge in [0.15, 0.2) is 0 Å². The van der Waals surface area contributed by atoms with E-state index in [1.54, 1.807) is 17.9 Å². The van der Waals surface area contributed by atoms with Gasteiger partial charge in [0.05, 0.1) is 16.3 Å². The summed E-state index contributed by atoms with van der Waals surface area (Å²) >= 11 is 0. The molecule has 2 aromatic rings. The topological polar surface area (TPSA) is 72.5 Å². The zero-order valence-corrected chi connectivity index (χ0v) is 11.9. The van der Waals surface area contributed by atoms with Crippen LogP contribution in [-0.2, 0) is 16.1 Å². The van der Waals surface area contributed by atoms with Crippen LogP contribution < -0.4 is 4.90 Å². The summed E-state index contributed by atoms with van der Waals surface area (Å²) in [6.07, 6.45) is 0. The molecule has 1 heterocycles. The van der Waals surface area contributed by atoms with Gasteiger partial charge in [0.1, 0.15) is 12.6 Å². The Morgan fingerprint density at radius 1 is 1.23 bits per heavy atom. The number of rotatable bonds is 5. The monoisotopic (exact) mass is 298 g/mol. The van der Waals surface area contributed by atoms with Gasteiger partial charge in [-0.05, 0) is 18.6 Å². The minimum absolute atomic E-state index is 0.0195. The highest BCUT2D eigenvalue weighted by molar-refractivity contribution is 6.00. The van der Waals surface area contributed by atoms with E-state index in [1.807, 2.05) is 30.3 Å². The molecule has 0 unspecified atom stereocenters. The molecular weight excluding hydrogens is 284 g/mol. The van der Waals surface area contributed by atoms with Crippen molar-refractivity contribution in [3.8, 4) is 0 Å². The minimum atomic E-state index is -0.499. The molecule has 1 atom stereocenters. The lowest BCUT2D eigenvalue weighted by Gasteiger charge is -2.13. The maximum absolute atomic E-state index is 12.1. The molecule has 6 nitrogen and oxygen atoms in total. The summed E-state index contributed by atoms with van der Waals surface area (Å²) in [5.41, 5.74) is 2.47. The van der Waals surface area contributed by atoms with Crippen molar-refractivity contribution < 1.29 is 14.5 Å². The standard InChI is InChI=1S/C16H14N2O4/c1-11(16(19)22-10-12-5-3-2-4-6-12)17-14-8-7-13(18(20)21)9-15(14)17/h2-9,11H,10H2,1H3/t11-,17?/m0/s1. The minimum Gasteiger partial charge on any atom is -0.459 e. The van der Waals surface area contributed by atoms with Gasteiger partial charge in [-0.1, -0.05) is 30.3 Å². The third-order valence-corrected chi connectivity index (χ3v) is 3.59. The van der Waals surface area contributed by atoms with Crippen LogP contribution in [0.3, 0.4) is 0 Å². The number of esters is 1. The average Bonchev–Trinajstić information content (AvgIpc) is 3.26. The van der Waals surface area contributed by atoms with Crippen molar-refractivity contribution in [3.05, 3.63) is 64.2 Å². The normalized spacial score (nSPS) is 13.2. The van der Waals surface area contributed by atoms with Crippen LogP contribution in [0.2, 0.25) is 0 Å². The second kappa shape index (κ2) is 5.48. The molecule has 1 aliphatic heterocycles. The molecule has 1 aliphatic rings. The summed E-state index contributed by atoms with van der Waals surface area (Å²) in [7, 11) is 0. The summed E-state index contributed by atoms with van der Waals surface area (Å²) in [6, 6.07) is 13.5. The third kappa shape index (κ3) is 2.63. The molecule has 0 spiro atoms. The molecule has 6 heteroatoms. The van der Waals surface area contributed by atoms with Crippen molar-refractivity contribution in [2.24, 2.45) is 0 Å². The van der Waals surface area contributed by atoms with Crippen LogP contribution in [-0.4, -0.2) is 16.9 Å². The summed E-state index contributed by atoms with van der Waals surface area (Å²) in [4.78, 5) is 24.1. The lowest BCUT2D eigenvalue weighted by atomic mass is 10.2. The first-order valence-corrected chi connectivity index (χ1v) is 6.86. The lowest BCUT2D eigenvalue weighted by molar-refractivity contribution is -0.384. The van der Waals surface area contributed by atoms with Crippen molar-refractivity contribution in [1.82, 2.24) is 0 Å². The van der Waals surface area contributed by atoms with E-state index in [2.05, 4.69) is 0 Å². The Morgan fingerprint density at radius 2 is 1.95 bits per heavy atom. The quantitative estimate of drug-likeness (QED) is 0.367. The van der Waals surface area contributed by atoms with Gasteiger partial charge in [0.25, 0.3) is 5.69 Å². The van der Waals surface area contributed by atoms with Crippen molar-refractivity contribution in [3.63, 3.8) is 0 Å². The Labute approximate surface area is 127 Å². The lowest BCUT2D eigenvalue weighted by Crippen LogP contribution is -2.29. The molecule has 0 saturated carbocycles. The SMILES string of the molecule is C[C@@H](C(=O)OCc1ccccc1)N1c2ccc([N+](=O)[O-])cc21. The summed E-state index contributed by atoms with van der Waals surface area (Å²) < 4.78 is 5.29. The first kappa shape index (κ1) is 14.1. The number of ether oxygens (including phenoxy) is 1. The van der Waals surface area contributed by atoms with Crippen molar-refractivity contribution in [1.29, 1.82) is 0 Å². The van der Waals surface area contributed by atoms with Crippen LogP contribution >= 0.6 is 0 Å². The third-order valence-electron chi connectivity index (χ3n) is 3.59. The molecule has 0 saturated heterocycles. The van der Waals surface area contributed by atoms with E-state index in [1.165, 1.54) is 12.1 Å². The number of hydrogen-bond donors (Lipinski definition) is 0. The number of nitro groups is 1.